The van der Waals surface area contributed by atoms with Crippen LogP contribution >= 0.6 is 11.3 Å². The lowest BCUT2D eigenvalue weighted by molar-refractivity contribution is 0.367. The Labute approximate surface area is 111 Å². The maximum absolute atomic E-state index is 3.73. The minimum atomic E-state index is 0.550. The molecule has 2 unspecified atom stereocenters. The van der Waals surface area contributed by atoms with E-state index in [1.54, 1.807) is 4.88 Å². The predicted molar refractivity (Wildman–Crippen MR) is 78.9 cm³/mol. The lowest BCUT2D eigenvalue weighted by Crippen LogP contribution is -2.27. The first-order valence-corrected chi connectivity index (χ1v) is 7.72. The molecule has 0 aromatic carbocycles. The smallest absolute Gasteiger partial charge is 0.0443 e. The number of thiophene rings is 1. The van der Waals surface area contributed by atoms with E-state index in [9.17, 15) is 0 Å². The van der Waals surface area contributed by atoms with Gasteiger partial charge in [-0.2, -0.15) is 0 Å². The van der Waals surface area contributed by atoms with Crippen LogP contribution in [-0.2, 0) is 0 Å². The van der Waals surface area contributed by atoms with Crippen LogP contribution in [0.5, 0.6) is 0 Å². The van der Waals surface area contributed by atoms with Crippen LogP contribution in [0.15, 0.2) is 6.07 Å². The molecule has 2 atom stereocenters. The van der Waals surface area contributed by atoms with E-state index in [1.807, 2.05) is 11.3 Å². The molecule has 1 heterocycles. The van der Waals surface area contributed by atoms with E-state index >= 15 is 0 Å². The lowest BCUT2D eigenvalue weighted by Gasteiger charge is -2.25. The first-order valence-electron chi connectivity index (χ1n) is 6.90. The quantitative estimate of drug-likeness (QED) is 0.733. The van der Waals surface area contributed by atoms with Crippen LogP contribution in [0.2, 0.25) is 0 Å². The van der Waals surface area contributed by atoms with Gasteiger partial charge >= 0.3 is 0 Å². The van der Waals surface area contributed by atoms with E-state index in [4.69, 9.17) is 0 Å². The Bertz CT molecular complexity index is 330. The van der Waals surface area contributed by atoms with E-state index in [-0.39, 0.29) is 0 Å². The Morgan fingerprint density at radius 3 is 2.41 bits per heavy atom. The van der Waals surface area contributed by atoms with Crippen molar-refractivity contribution in [3.05, 3.63) is 21.4 Å². The summed E-state index contributed by atoms with van der Waals surface area (Å²) < 4.78 is 0. The van der Waals surface area contributed by atoms with Gasteiger partial charge in [-0.05, 0) is 50.8 Å². The molecular weight excluding hydrogens is 226 g/mol. The fraction of sp³-hybridized carbons (Fsp3) is 0.733. The second-order valence-electron chi connectivity index (χ2n) is 5.10. The maximum atomic E-state index is 3.73. The largest absolute Gasteiger partial charge is 0.309 e. The molecule has 0 aliphatic heterocycles. The summed E-state index contributed by atoms with van der Waals surface area (Å²) >= 11 is 1.96. The maximum Gasteiger partial charge on any atom is 0.0443 e. The highest BCUT2D eigenvalue weighted by Gasteiger charge is 2.21. The molecule has 2 heteroatoms. The summed E-state index contributed by atoms with van der Waals surface area (Å²) in [5, 5.41) is 3.73. The van der Waals surface area contributed by atoms with Crippen LogP contribution in [0.3, 0.4) is 0 Å². The van der Waals surface area contributed by atoms with E-state index in [0.717, 1.165) is 12.5 Å². The molecule has 1 N–H and O–H groups in total. The van der Waals surface area contributed by atoms with Gasteiger partial charge < -0.3 is 5.32 Å². The molecule has 0 fully saturated rings. The summed E-state index contributed by atoms with van der Waals surface area (Å²) in [4.78, 5) is 2.99. The van der Waals surface area contributed by atoms with E-state index in [1.165, 1.54) is 29.7 Å². The van der Waals surface area contributed by atoms with Crippen molar-refractivity contribution in [2.24, 2.45) is 5.92 Å². The first-order chi connectivity index (χ1) is 8.10. The number of hydrogen-bond acceptors (Lipinski definition) is 2. The van der Waals surface area contributed by atoms with Crippen molar-refractivity contribution in [3.8, 4) is 0 Å². The van der Waals surface area contributed by atoms with Crippen molar-refractivity contribution in [1.29, 1.82) is 0 Å². The number of aryl methyl sites for hydroxylation is 2. The van der Waals surface area contributed by atoms with Gasteiger partial charge in [0, 0.05) is 15.8 Å². The molecule has 0 saturated carbocycles. The van der Waals surface area contributed by atoms with Crippen molar-refractivity contribution >= 4 is 11.3 Å². The van der Waals surface area contributed by atoms with Crippen LogP contribution in [0.4, 0.5) is 0 Å². The van der Waals surface area contributed by atoms with Crippen LogP contribution in [0.1, 0.15) is 61.4 Å². The van der Waals surface area contributed by atoms with E-state index < -0.39 is 0 Å². The van der Waals surface area contributed by atoms with Crippen molar-refractivity contribution in [2.75, 3.05) is 6.54 Å². The van der Waals surface area contributed by atoms with Gasteiger partial charge in [-0.3, -0.25) is 0 Å². The molecule has 0 bridgehead atoms. The molecule has 1 aromatic rings. The van der Waals surface area contributed by atoms with Crippen molar-refractivity contribution in [2.45, 2.75) is 59.9 Å². The topological polar surface area (TPSA) is 12.0 Å². The zero-order valence-electron chi connectivity index (χ0n) is 12.0. The van der Waals surface area contributed by atoms with Gasteiger partial charge in [0.1, 0.15) is 0 Å². The minimum absolute atomic E-state index is 0.550. The van der Waals surface area contributed by atoms with Crippen LogP contribution < -0.4 is 5.32 Å². The van der Waals surface area contributed by atoms with Gasteiger partial charge in [-0.1, -0.05) is 27.2 Å². The van der Waals surface area contributed by atoms with Crippen molar-refractivity contribution < 1.29 is 0 Å². The van der Waals surface area contributed by atoms with Crippen LogP contribution in [-0.4, -0.2) is 6.54 Å². The summed E-state index contributed by atoms with van der Waals surface area (Å²) in [7, 11) is 0. The highest BCUT2D eigenvalue weighted by atomic mass is 32.1. The molecule has 0 radical (unpaired) electrons. The van der Waals surface area contributed by atoms with Gasteiger partial charge in [0.25, 0.3) is 0 Å². The second kappa shape index (κ2) is 7.17. The molecule has 0 spiro atoms. The summed E-state index contributed by atoms with van der Waals surface area (Å²) in [6, 6.07) is 2.87. The molecule has 0 saturated heterocycles. The average Bonchev–Trinajstić information content (AvgIpc) is 2.59. The molecule has 0 aliphatic carbocycles. The van der Waals surface area contributed by atoms with Gasteiger partial charge in [0.15, 0.2) is 0 Å². The third-order valence-electron chi connectivity index (χ3n) is 3.29. The van der Waals surface area contributed by atoms with Crippen molar-refractivity contribution in [1.82, 2.24) is 5.32 Å². The monoisotopic (exact) mass is 253 g/mol. The molecular formula is C15H27NS. The van der Waals surface area contributed by atoms with E-state index in [2.05, 4.69) is 46.0 Å². The molecule has 98 valence electrons. The van der Waals surface area contributed by atoms with Crippen LogP contribution in [0.25, 0.3) is 0 Å². The zero-order chi connectivity index (χ0) is 12.8. The number of hydrogen-bond donors (Lipinski definition) is 1. The molecule has 0 aliphatic rings. The summed E-state index contributed by atoms with van der Waals surface area (Å²) in [6.45, 7) is 12.5. The number of nitrogens with one attached hydrogen (secondary N) is 1. The standard InChI is InChI=1S/C15H27NS/c1-6-8-11(3)14(16-9-7-2)15-12(4)10-13(5)17-15/h10-11,14,16H,6-9H2,1-5H3. The summed E-state index contributed by atoms with van der Waals surface area (Å²) in [6.07, 6.45) is 3.78. The Hall–Kier alpha value is -0.340. The lowest BCUT2D eigenvalue weighted by atomic mass is 9.94. The third-order valence-corrected chi connectivity index (χ3v) is 4.52. The SMILES string of the molecule is CCCNC(c1sc(C)cc1C)C(C)CCC. The summed E-state index contributed by atoms with van der Waals surface area (Å²) in [5.41, 5.74) is 1.46. The van der Waals surface area contributed by atoms with Crippen LogP contribution in [0, 0.1) is 19.8 Å². The highest BCUT2D eigenvalue weighted by Crippen LogP contribution is 2.33. The molecule has 17 heavy (non-hydrogen) atoms. The Morgan fingerprint density at radius 1 is 1.24 bits per heavy atom. The van der Waals surface area contributed by atoms with Crippen molar-refractivity contribution in [3.63, 3.8) is 0 Å². The van der Waals surface area contributed by atoms with Gasteiger partial charge in [0.05, 0.1) is 0 Å². The number of rotatable bonds is 7. The van der Waals surface area contributed by atoms with Gasteiger partial charge in [-0.15, -0.1) is 11.3 Å². The second-order valence-corrected chi connectivity index (χ2v) is 6.39. The molecule has 1 rings (SSSR count). The third kappa shape index (κ3) is 4.11. The molecule has 1 aromatic heterocycles. The van der Waals surface area contributed by atoms with E-state index in [0.29, 0.717) is 6.04 Å². The van der Waals surface area contributed by atoms with Gasteiger partial charge in [-0.25, -0.2) is 0 Å². The first kappa shape index (κ1) is 14.7. The Kier molecular flexibility index (Phi) is 6.21. The summed E-state index contributed by atoms with van der Waals surface area (Å²) in [5.74, 6) is 0.725. The normalized spacial score (nSPS) is 14.9. The Morgan fingerprint density at radius 2 is 1.94 bits per heavy atom. The Balaban J connectivity index is 2.84. The molecule has 1 nitrogen and oxygen atoms in total. The molecule has 0 amide bonds. The highest BCUT2D eigenvalue weighted by molar-refractivity contribution is 7.12. The zero-order valence-corrected chi connectivity index (χ0v) is 12.8. The average molecular weight is 253 g/mol. The predicted octanol–water partition coefficient (Wildman–Crippen LogP) is 4.84. The minimum Gasteiger partial charge on any atom is -0.309 e. The fourth-order valence-electron chi connectivity index (χ4n) is 2.44. The van der Waals surface area contributed by atoms with Gasteiger partial charge in [0.2, 0.25) is 0 Å². The fourth-order valence-corrected chi connectivity index (χ4v) is 3.69.